The number of ether oxygens (including phenoxy) is 1. The molecule has 2 N–H and O–H groups in total. The molecule has 2 unspecified atom stereocenters. The highest BCUT2D eigenvalue weighted by Crippen LogP contribution is 2.36. The van der Waals surface area contributed by atoms with Crippen molar-refractivity contribution in [1.82, 2.24) is 0 Å². The molecule has 0 amide bonds. The number of fused-ring (bicyclic) bond motifs is 1. The van der Waals surface area contributed by atoms with Crippen molar-refractivity contribution in [3.8, 4) is 5.75 Å². The van der Waals surface area contributed by atoms with Crippen LogP contribution >= 0.6 is 11.8 Å². The standard InChI is InChI=1S/C17H19NOS/c1-12-5-4-6-13(9-12)11-20-16-10-19-15-8-3-2-7-14(15)17(16)18/h2-9,16-17H,10-11,18H2,1H3. The van der Waals surface area contributed by atoms with E-state index in [1.165, 1.54) is 11.1 Å². The zero-order chi connectivity index (χ0) is 13.9. The molecule has 1 heterocycles. The number of aryl methyl sites for hydroxylation is 1. The Kier molecular flexibility index (Phi) is 3.99. The second kappa shape index (κ2) is 5.90. The average Bonchev–Trinajstić information content (AvgIpc) is 2.47. The summed E-state index contributed by atoms with van der Waals surface area (Å²) in [6.07, 6.45) is 0. The zero-order valence-corrected chi connectivity index (χ0v) is 12.4. The molecule has 0 aromatic heterocycles. The van der Waals surface area contributed by atoms with E-state index in [9.17, 15) is 0 Å². The molecular formula is C17H19NOS. The highest BCUT2D eigenvalue weighted by molar-refractivity contribution is 7.99. The second-order valence-electron chi connectivity index (χ2n) is 5.21. The van der Waals surface area contributed by atoms with Crippen molar-refractivity contribution in [2.24, 2.45) is 5.73 Å². The van der Waals surface area contributed by atoms with E-state index in [4.69, 9.17) is 10.5 Å². The van der Waals surface area contributed by atoms with E-state index < -0.39 is 0 Å². The minimum Gasteiger partial charge on any atom is -0.492 e. The molecule has 3 rings (SSSR count). The summed E-state index contributed by atoms with van der Waals surface area (Å²) in [7, 11) is 0. The molecule has 104 valence electrons. The topological polar surface area (TPSA) is 35.2 Å². The smallest absolute Gasteiger partial charge is 0.124 e. The van der Waals surface area contributed by atoms with Crippen LogP contribution in [0.15, 0.2) is 48.5 Å². The minimum atomic E-state index is 0.0507. The first-order valence-corrected chi connectivity index (χ1v) is 7.93. The molecule has 0 bridgehead atoms. The van der Waals surface area contributed by atoms with Crippen LogP contribution in [0.3, 0.4) is 0 Å². The van der Waals surface area contributed by atoms with E-state index in [0.717, 1.165) is 17.1 Å². The Bertz CT molecular complexity index is 599. The number of benzene rings is 2. The van der Waals surface area contributed by atoms with Gasteiger partial charge in [0.05, 0.1) is 5.25 Å². The maximum absolute atomic E-state index is 6.38. The Morgan fingerprint density at radius 1 is 1.20 bits per heavy atom. The van der Waals surface area contributed by atoms with E-state index >= 15 is 0 Å². The van der Waals surface area contributed by atoms with Gasteiger partial charge in [-0.05, 0) is 18.6 Å². The molecule has 0 saturated heterocycles. The van der Waals surface area contributed by atoms with E-state index in [-0.39, 0.29) is 6.04 Å². The molecule has 0 radical (unpaired) electrons. The molecule has 3 heteroatoms. The Labute approximate surface area is 124 Å². The number of hydrogen-bond donors (Lipinski definition) is 1. The third kappa shape index (κ3) is 2.84. The summed E-state index contributed by atoms with van der Waals surface area (Å²) in [5.41, 5.74) is 10.2. The van der Waals surface area contributed by atoms with Gasteiger partial charge in [-0.3, -0.25) is 0 Å². The monoisotopic (exact) mass is 285 g/mol. The van der Waals surface area contributed by atoms with Gasteiger partial charge in [0.1, 0.15) is 12.4 Å². The van der Waals surface area contributed by atoms with Gasteiger partial charge < -0.3 is 10.5 Å². The number of hydrogen-bond acceptors (Lipinski definition) is 3. The third-order valence-electron chi connectivity index (χ3n) is 3.63. The highest BCUT2D eigenvalue weighted by atomic mass is 32.2. The van der Waals surface area contributed by atoms with Crippen molar-refractivity contribution in [2.45, 2.75) is 24.0 Å². The first-order chi connectivity index (χ1) is 9.74. The molecule has 2 atom stereocenters. The predicted octanol–water partition coefficient (Wildman–Crippen LogP) is 3.69. The molecule has 0 fully saturated rings. The largest absolute Gasteiger partial charge is 0.492 e. The maximum Gasteiger partial charge on any atom is 0.124 e. The molecular weight excluding hydrogens is 266 g/mol. The van der Waals surface area contributed by atoms with Crippen molar-refractivity contribution < 1.29 is 4.74 Å². The third-order valence-corrected chi connectivity index (χ3v) is 4.99. The van der Waals surface area contributed by atoms with Crippen molar-refractivity contribution in [1.29, 1.82) is 0 Å². The molecule has 0 spiro atoms. The fourth-order valence-electron chi connectivity index (χ4n) is 2.52. The van der Waals surface area contributed by atoms with Crippen LogP contribution in [0, 0.1) is 6.92 Å². The van der Waals surface area contributed by atoms with Gasteiger partial charge in [0.25, 0.3) is 0 Å². The van der Waals surface area contributed by atoms with Crippen molar-refractivity contribution >= 4 is 11.8 Å². The molecule has 2 nitrogen and oxygen atoms in total. The normalized spacial score (nSPS) is 21.1. The lowest BCUT2D eigenvalue weighted by molar-refractivity contribution is 0.276. The quantitative estimate of drug-likeness (QED) is 0.934. The first kappa shape index (κ1) is 13.5. The Balaban J connectivity index is 1.68. The van der Waals surface area contributed by atoms with Gasteiger partial charge in [-0.15, -0.1) is 11.8 Å². The SMILES string of the molecule is Cc1cccc(CSC2COc3ccccc3C2N)c1. The van der Waals surface area contributed by atoms with Crippen LogP contribution in [0.1, 0.15) is 22.7 Å². The van der Waals surface area contributed by atoms with Crippen LogP contribution < -0.4 is 10.5 Å². The summed E-state index contributed by atoms with van der Waals surface area (Å²) < 4.78 is 5.82. The first-order valence-electron chi connectivity index (χ1n) is 6.88. The summed E-state index contributed by atoms with van der Waals surface area (Å²) in [6, 6.07) is 16.8. The lowest BCUT2D eigenvalue weighted by Crippen LogP contribution is -2.33. The van der Waals surface area contributed by atoms with E-state index in [1.807, 2.05) is 30.0 Å². The van der Waals surface area contributed by atoms with E-state index in [1.54, 1.807) is 0 Å². The van der Waals surface area contributed by atoms with Crippen LogP contribution in [-0.2, 0) is 5.75 Å². The van der Waals surface area contributed by atoms with Crippen LogP contribution in [0.4, 0.5) is 0 Å². The minimum absolute atomic E-state index is 0.0507. The Hall–Kier alpha value is -1.45. The number of nitrogens with two attached hydrogens (primary N) is 1. The molecule has 1 aliphatic rings. The molecule has 2 aromatic carbocycles. The van der Waals surface area contributed by atoms with Crippen LogP contribution in [-0.4, -0.2) is 11.9 Å². The van der Waals surface area contributed by atoms with Gasteiger partial charge in [0.2, 0.25) is 0 Å². The summed E-state index contributed by atoms with van der Waals surface area (Å²) >= 11 is 1.88. The van der Waals surface area contributed by atoms with Crippen LogP contribution in [0.5, 0.6) is 5.75 Å². The highest BCUT2D eigenvalue weighted by Gasteiger charge is 2.27. The number of rotatable bonds is 3. The molecule has 1 aliphatic heterocycles. The van der Waals surface area contributed by atoms with Gasteiger partial charge >= 0.3 is 0 Å². The lowest BCUT2D eigenvalue weighted by atomic mass is 10.0. The van der Waals surface area contributed by atoms with Crippen molar-refractivity contribution in [3.05, 3.63) is 65.2 Å². The zero-order valence-electron chi connectivity index (χ0n) is 11.6. The predicted molar refractivity (Wildman–Crippen MR) is 85.1 cm³/mol. The number of para-hydroxylation sites is 1. The fraction of sp³-hybridized carbons (Fsp3) is 0.294. The molecule has 2 aromatic rings. The van der Waals surface area contributed by atoms with Gasteiger partial charge in [-0.1, -0.05) is 48.0 Å². The lowest BCUT2D eigenvalue weighted by Gasteiger charge is -2.30. The molecule has 20 heavy (non-hydrogen) atoms. The average molecular weight is 285 g/mol. The second-order valence-corrected chi connectivity index (χ2v) is 6.44. The van der Waals surface area contributed by atoms with Gasteiger partial charge in [-0.25, -0.2) is 0 Å². The maximum atomic E-state index is 6.38. The Morgan fingerprint density at radius 3 is 2.90 bits per heavy atom. The van der Waals surface area contributed by atoms with Gasteiger partial charge in [0.15, 0.2) is 0 Å². The summed E-state index contributed by atoms with van der Waals surface area (Å²) in [6.45, 7) is 2.81. The number of thioether (sulfide) groups is 1. The van der Waals surface area contributed by atoms with E-state index in [0.29, 0.717) is 11.9 Å². The summed E-state index contributed by atoms with van der Waals surface area (Å²) in [5, 5.41) is 0.311. The molecule has 0 aliphatic carbocycles. The summed E-state index contributed by atoms with van der Waals surface area (Å²) in [4.78, 5) is 0. The van der Waals surface area contributed by atoms with Crippen molar-refractivity contribution in [3.63, 3.8) is 0 Å². The van der Waals surface area contributed by atoms with E-state index in [2.05, 4.69) is 37.3 Å². The Morgan fingerprint density at radius 2 is 2.05 bits per heavy atom. The van der Waals surface area contributed by atoms with Crippen molar-refractivity contribution in [2.75, 3.05) is 6.61 Å². The molecule has 0 saturated carbocycles. The van der Waals surface area contributed by atoms with Crippen LogP contribution in [0.2, 0.25) is 0 Å². The summed E-state index contributed by atoms with van der Waals surface area (Å²) in [5.74, 6) is 1.92. The fourth-order valence-corrected chi connectivity index (χ4v) is 3.62. The van der Waals surface area contributed by atoms with Gasteiger partial charge in [-0.2, -0.15) is 0 Å². The van der Waals surface area contributed by atoms with Crippen LogP contribution in [0.25, 0.3) is 0 Å². The van der Waals surface area contributed by atoms with Gasteiger partial charge in [0, 0.05) is 17.4 Å².